The van der Waals surface area contributed by atoms with Crippen molar-refractivity contribution < 1.29 is 5.11 Å². The molecule has 0 bridgehead atoms. The predicted octanol–water partition coefficient (Wildman–Crippen LogP) is 8.11. The fourth-order valence-corrected chi connectivity index (χ4v) is 5.56. The summed E-state index contributed by atoms with van der Waals surface area (Å²) < 4.78 is 0. The first kappa shape index (κ1) is 24.1. The van der Waals surface area contributed by atoms with Crippen LogP contribution in [0, 0.1) is 6.92 Å². The van der Waals surface area contributed by atoms with E-state index >= 15 is 0 Å². The lowest BCUT2D eigenvalue weighted by atomic mass is 9.72. The molecular formula is C33H32N4O. The van der Waals surface area contributed by atoms with Gasteiger partial charge in [0.05, 0.1) is 17.1 Å². The summed E-state index contributed by atoms with van der Waals surface area (Å²) in [4.78, 5) is 16.0. The monoisotopic (exact) mass is 500 g/mol. The first-order valence-corrected chi connectivity index (χ1v) is 13.0. The highest BCUT2D eigenvalue weighted by Gasteiger charge is 2.38. The number of benzene rings is 3. The van der Waals surface area contributed by atoms with Crippen LogP contribution in [-0.2, 0) is 10.8 Å². The summed E-state index contributed by atoms with van der Waals surface area (Å²) >= 11 is 0. The summed E-state index contributed by atoms with van der Waals surface area (Å²) in [6.07, 6.45) is 3.39. The number of pyridine rings is 1. The van der Waals surface area contributed by atoms with E-state index < -0.39 is 0 Å². The number of hydrogen-bond donors (Lipinski definition) is 1. The maximum atomic E-state index is 10.5. The minimum absolute atomic E-state index is 0.00773. The van der Waals surface area contributed by atoms with Gasteiger partial charge in [-0.1, -0.05) is 71.0 Å². The Morgan fingerprint density at radius 3 is 2.29 bits per heavy atom. The van der Waals surface area contributed by atoms with Crippen LogP contribution in [0.3, 0.4) is 0 Å². The zero-order chi connectivity index (χ0) is 26.8. The third-order valence-corrected chi connectivity index (χ3v) is 7.84. The van der Waals surface area contributed by atoms with Crippen LogP contribution in [0.1, 0.15) is 56.9 Å². The lowest BCUT2D eigenvalue weighted by Crippen LogP contribution is -2.31. The fraction of sp³-hybridized carbons (Fsp3) is 0.242. The van der Waals surface area contributed by atoms with E-state index in [4.69, 9.17) is 4.98 Å². The number of rotatable bonds is 2. The molecule has 0 unspecified atom stereocenters. The Hall–Kier alpha value is -4.25. The molecule has 38 heavy (non-hydrogen) atoms. The molecule has 0 saturated heterocycles. The fourth-order valence-electron chi connectivity index (χ4n) is 5.56. The van der Waals surface area contributed by atoms with E-state index in [1.165, 1.54) is 16.7 Å². The molecule has 3 aromatic carbocycles. The molecule has 1 N–H and O–H groups in total. The van der Waals surface area contributed by atoms with Gasteiger partial charge < -0.3 is 5.11 Å². The summed E-state index contributed by atoms with van der Waals surface area (Å²) in [5, 5.41) is 11.5. The summed E-state index contributed by atoms with van der Waals surface area (Å²) in [6.45, 7) is 13.3. The van der Waals surface area contributed by atoms with Crippen LogP contribution >= 0.6 is 0 Å². The van der Waals surface area contributed by atoms with Gasteiger partial charge in [0, 0.05) is 22.6 Å². The zero-order valence-electron chi connectivity index (χ0n) is 22.7. The number of phenols is 1. The Morgan fingerprint density at radius 2 is 1.58 bits per heavy atom. The first-order valence-electron chi connectivity index (χ1n) is 13.0. The van der Waals surface area contributed by atoms with Crippen molar-refractivity contribution in [3.8, 4) is 17.0 Å². The van der Waals surface area contributed by atoms with E-state index in [1.807, 2.05) is 31.2 Å². The number of aromatic nitrogens is 3. The molecule has 190 valence electrons. The smallest absolute Gasteiger partial charge is 0.141 e. The van der Waals surface area contributed by atoms with E-state index in [2.05, 4.69) is 85.9 Å². The van der Waals surface area contributed by atoms with E-state index in [9.17, 15) is 5.11 Å². The number of phenolic OH excluding ortho intramolecular Hbond substituents is 1. The molecule has 1 aliphatic heterocycles. The largest absolute Gasteiger partial charge is 0.506 e. The number of anilines is 3. The minimum Gasteiger partial charge on any atom is -0.506 e. The van der Waals surface area contributed by atoms with Crippen LogP contribution in [0.4, 0.5) is 17.2 Å². The normalized spacial score (nSPS) is 14.3. The molecule has 0 spiro atoms. The summed E-state index contributed by atoms with van der Waals surface area (Å²) in [5.74, 6) is 1.01. The number of aryl methyl sites for hydroxylation is 1. The zero-order valence-corrected chi connectivity index (χ0v) is 22.7. The molecule has 6 rings (SSSR count). The average molecular weight is 501 g/mol. The number of fused-ring (bicyclic) bond motifs is 3. The molecule has 0 saturated carbocycles. The molecule has 0 aliphatic carbocycles. The average Bonchev–Trinajstić information content (AvgIpc) is 2.90. The van der Waals surface area contributed by atoms with Crippen LogP contribution in [-0.4, -0.2) is 20.1 Å². The number of aromatic hydroxyl groups is 1. The van der Waals surface area contributed by atoms with Gasteiger partial charge in [0.2, 0.25) is 0 Å². The molecule has 5 aromatic rings. The second-order valence-electron chi connectivity index (χ2n) is 11.7. The summed E-state index contributed by atoms with van der Waals surface area (Å²) in [7, 11) is 0. The predicted molar refractivity (Wildman–Crippen MR) is 155 cm³/mol. The van der Waals surface area contributed by atoms with Gasteiger partial charge in [-0.15, -0.1) is 0 Å². The van der Waals surface area contributed by atoms with Crippen molar-refractivity contribution in [1.82, 2.24) is 15.0 Å². The third kappa shape index (κ3) is 3.73. The maximum absolute atomic E-state index is 10.5. The maximum Gasteiger partial charge on any atom is 0.141 e. The van der Waals surface area contributed by atoms with Crippen LogP contribution in [0.5, 0.6) is 5.75 Å². The Morgan fingerprint density at radius 1 is 0.842 bits per heavy atom. The van der Waals surface area contributed by atoms with Crippen LogP contribution in [0.2, 0.25) is 0 Å². The molecule has 0 fully saturated rings. The highest BCUT2D eigenvalue weighted by molar-refractivity contribution is 5.91. The molecule has 0 amide bonds. The Labute approximate surface area is 223 Å². The van der Waals surface area contributed by atoms with Gasteiger partial charge in [0.15, 0.2) is 0 Å². The van der Waals surface area contributed by atoms with Crippen molar-refractivity contribution in [2.75, 3.05) is 4.90 Å². The SMILES string of the molecule is Cc1ccc(O)c2nc(-c3ccc4c(c3)N(c3ccncn3)c3cc(C(C)(C)C)ccc3C4(C)C)ccc12. The van der Waals surface area contributed by atoms with E-state index in [1.54, 1.807) is 18.6 Å². The van der Waals surface area contributed by atoms with Crippen molar-refractivity contribution in [3.05, 3.63) is 102 Å². The Balaban J connectivity index is 1.60. The minimum atomic E-state index is -0.213. The molecule has 5 nitrogen and oxygen atoms in total. The highest BCUT2D eigenvalue weighted by atomic mass is 16.3. The lowest BCUT2D eigenvalue weighted by Gasteiger charge is -2.42. The molecule has 1 aliphatic rings. The van der Waals surface area contributed by atoms with E-state index in [-0.39, 0.29) is 16.6 Å². The second-order valence-corrected chi connectivity index (χ2v) is 11.7. The van der Waals surface area contributed by atoms with Crippen molar-refractivity contribution in [2.24, 2.45) is 0 Å². The Kier molecular flexibility index (Phi) is 5.32. The molecule has 0 atom stereocenters. The number of nitrogens with zero attached hydrogens (tertiary/aromatic N) is 4. The molecular weight excluding hydrogens is 468 g/mol. The van der Waals surface area contributed by atoms with Crippen LogP contribution in [0.15, 0.2) is 79.3 Å². The quantitative estimate of drug-likeness (QED) is 0.265. The van der Waals surface area contributed by atoms with Gasteiger partial charge in [0.25, 0.3) is 0 Å². The molecule has 3 heterocycles. The van der Waals surface area contributed by atoms with E-state index in [0.717, 1.165) is 39.4 Å². The van der Waals surface area contributed by atoms with Crippen molar-refractivity contribution in [1.29, 1.82) is 0 Å². The lowest BCUT2D eigenvalue weighted by molar-refractivity contribution is 0.480. The summed E-state index contributed by atoms with van der Waals surface area (Å²) in [6, 6.07) is 23.0. The van der Waals surface area contributed by atoms with Crippen LogP contribution < -0.4 is 4.90 Å². The Bertz CT molecular complexity index is 1700. The molecule has 5 heteroatoms. The van der Waals surface area contributed by atoms with Gasteiger partial charge in [0.1, 0.15) is 23.4 Å². The number of hydrogen-bond acceptors (Lipinski definition) is 5. The van der Waals surface area contributed by atoms with Crippen molar-refractivity contribution in [3.63, 3.8) is 0 Å². The second kappa shape index (κ2) is 8.38. The standard InChI is InChI=1S/C33H32N4O/c1-20-7-14-29(38)31-23(20)10-13-26(36-31)21-8-11-24-27(17-21)37(30-15-16-34-19-35-30)28-18-22(32(2,3)4)9-12-25(28)33(24,5)6/h7-19,38H,1-6H3. The summed E-state index contributed by atoms with van der Waals surface area (Å²) in [5.41, 5.74) is 9.25. The first-order chi connectivity index (χ1) is 18.1. The van der Waals surface area contributed by atoms with Gasteiger partial charge >= 0.3 is 0 Å². The van der Waals surface area contributed by atoms with Crippen molar-refractivity contribution >= 4 is 28.1 Å². The molecule has 0 radical (unpaired) electrons. The van der Waals surface area contributed by atoms with Gasteiger partial charge in [-0.3, -0.25) is 4.90 Å². The van der Waals surface area contributed by atoms with Crippen LogP contribution in [0.25, 0.3) is 22.2 Å². The van der Waals surface area contributed by atoms with Gasteiger partial charge in [-0.05, 0) is 64.9 Å². The van der Waals surface area contributed by atoms with E-state index in [0.29, 0.717) is 5.52 Å². The topological polar surface area (TPSA) is 62.1 Å². The van der Waals surface area contributed by atoms with Gasteiger partial charge in [-0.25, -0.2) is 15.0 Å². The third-order valence-electron chi connectivity index (χ3n) is 7.84. The van der Waals surface area contributed by atoms with Crippen molar-refractivity contribution in [2.45, 2.75) is 52.4 Å². The molecule has 2 aromatic heterocycles. The highest BCUT2D eigenvalue weighted by Crippen LogP contribution is 2.53. The van der Waals surface area contributed by atoms with Gasteiger partial charge in [-0.2, -0.15) is 0 Å².